The molecule has 0 spiro atoms. The summed E-state index contributed by atoms with van der Waals surface area (Å²) in [5, 5.41) is 0. The third-order valence-electron chi connectivity index (χ3n) is 3.51. The third-order valence-corrected chi connectivity index (χ3v) is 4.12. The van der Waals surface area contributed by atoms with E-state index < -0.39 is 11.6 Å². The summed E-state index contributed by atoms with van der Waals surface area (Å²) >= 11 is 3.05. The van der Waals surface area contributed by atoms with Crippen LogP contribution in [0, 0.1) is 17.6 Å². The lowest BCUT2D eigenvalue weighted by atomic mass is 9.96. The zero-order valence-electron chi connectivity index (χ0n) is 10.3. The Kier molecular flexibility index (Phi) is 4.52. The van der Waals surface area contributed by atoms with E-state index in [2.05, 4.69) is 15.9 Å². The van der Waals surface area contributed by atoms with Crippen molar-refractivity contribution < 1.29 is 13.6 Å². The molecule has 6 heteroatoms. The van der Waals surface area contributed by atoms with Crippen molar-refractivity contribution in [1.82, 2.24) is 4.90 Å². The molecule has 1 saturated heterocycles. The maximum Gasteiger partial charge on any atom is 0.220 e. The SMILES string of the molecule is NC(=O)C1CCN(Cc2c(F)ccc(Br)c2F)CC1. The molecule has 0 saturated carbocycles. The quantitative estimate of drug-likeness (QED) is 0.864. The molecule has 0 unspecified atom stereocenters. The highest BCUT2D eigenvalue weighted by atomic mass is 79.9. The monoisotopic (exact) mass is 332 g/mol. The van der Waals surface area contributed by atoms with Gasteiger partial charge >= 0.3 is 0 Å². The van der Waals surface area contributed by atoms with Crippen molar-refractivity contribution in [2.24, 2.45) is 11.7 Å². The van der Waals surface area contributed by atoms with Crippen molar-refractivity contribution in [3.05, 3.63) is 33.8 Å². The molecular formula is C13H15BrF2N2O. The Morgan fingerprint density at radius 3 is 2.58 bits per heavy atom. The first kappa shape index (κ1) is 14.4. The van der Waals surface area contributed by atoms with Gasteiger partial charge in [0.25, 0.3) is 0 Å². The highest BCUT2D eigenvalue weighted by molar-refractivity contribution is 9.10. The molecule has 2 N–H and O–H groups in total. The van der Waals surface area contributed by atoms with E-state index in [-0.39, 0.29) is 28.4 Å². The molecule has 3 nitrogen and oxygen atoms in total. The molecule has 0 bridgehead atoms. The number of carbonyl (C=O) groups is 1. The molecule has 0 atom stereocenters. The largest absolute Gasteiger partial charge is 0.369 e. The summed E-state index contributed by atoms with van der Waals surface area (Å²) in [4.78, 5) is 13.0. The Labute approximate surface area is 118 Å². The molecule has 104 valence electrons. The Balaban J connectivity index is 2.04. The summed E-state index contributed by atoms with van der Waals surface area (Å²) in [6.07, 6.45) is 1.29. The van der Waals surface area contributed by atoms with Crippen LogP contribution in [0.3, 0.4) is 0 Å². The fraction of sp³-hybridized carbons (Fsp3) is 0.462. The van der Waals surface area contributed by atoms with Crippen LogP contribution in [0.15, 0.2) is 16.6 Å². The Bertz CT molecular complexity index is 488. The maximum atomic E-state index is 13.8. The zero-order valence-corrected chi connectivity index (χ0v) is 11.9. The summed E-state index contributed by atoms with van der Waals surface area (Å²) in [7, 11) is 0. The molecule has 1 aromatic rings. The number of halogens is 3. The molecule has 1 aliphatic rings. The van der Waals surface area contributed by atoms with Crippen LogP contribution >= 0.6 is 15.9 Å². The van der Waals surface area contributed by atoms with Crippen LogP contribution in [0.1, 0.15) is 18.4 Å². The van der Waals surface area contributed by atoms with E-state index in [0.29, 0.717) is 25.9 Å². The lowest BCUT2D eigenvalue weighted by molar-refractivity contribution is -0.123. The number of rotatable bonds is 3. The van der Waals surface area contributed by atoms with Gasteiger partial charge in [0.1, 0.15) is 11.6 Å². The van der Waals surface area contributed by atoms with Gasteiger partial charge in [0.15, 0.2) is 0 Å². The molecule has 1 aliphatic heterocycles. The summed E-state index contributed by atoms with van der Waals surface area (Å²) in [6, 6.07) is 2.60. The normalized spacial score (nSPS) is 17.6. The number of benzene rings is 1. The lowest BCUT2D eigenvalue weighted by Crippen LogP contribution is -2.38. The number of primary amides is 1. The maximum absolute atomic E-state index is 13.8. The summed E-state index contributed by atoms with van der Waals surface area (Å²) < 4.78 is 27.7. The lowest BCUT2D eigenvalue weighted by Gasteiger charge is -2.30. The second kappa shape index (κ2) is 5.96. The van der Waals surface area contributed by atoms with Crippen LogP contribution in [0.5, 0.6) is 0 Å². The van der Waals surface area contributed by atoms with Gasteiger partial charge in [-0.15, -0.1) is 0 Å². The van der Waals surface area contributed by atoms with E-state index in [9.17, 15) is 13.6 Å². The number of carbonyl (C=O) groups excluding carboxylic acids is 1. The number of piperidine rings is 1. The molecule has 0 aromatic heterocycles. The summed E-state index contributed by atoms with van der Waals surface area (Å²) in [5.41, 5.74) is 5.31. The minimum Gasteiger partial charge on any atom is -0.369 e. The molecule has 1 aromatic carbocycles. The van der Waals surface area contributed by atoms with E-state index >= 15 is 0 Å². The van der Waals surface area contributed by atoms with Crippen LogP contribution in [0.25, 0.3) is 0 Å². The van der Waals surface area contributed by atoms with Gasteiger partial charge in [0.05, 0.1) is 4.47 Å². The zero-order chi connectivity index (χ0) is 14.0. The molecule has 0 aliphatic carbocycles. The van der Waals surface area contributed by atoms with E-state index in [1.165, 1.54) is 12.1 Å². The van der Waals surface area contributed by atoms with E-state index in [1.54, 1.807) is 0 Å². The molecule has 0 radical (unpaired) electrons. The second-order valence-corrected chi connectivity index (χ2v) is 5.63. The van der Waals surface area contributed by atoms with Gasteiger partial charge in [-0.05, 0) is 54.0 Å². The molecule has 19 heavy (non-hydrogen) atoms. The second-order valence-electron chi connectivity index (χ2n) is 4.77. The van der Waals surface area contributed by atoms with Gasteiger partial charge in [-0.1, -0.05) is 0 Å². The topological polar surface area (TPSA) is 46.3 Å². The van der Waals surface area contributed by atoms with Gasteiger partial charge in [-0.2, -0.15) is 0 Å². The standard InChI is InChI=1S/C13H15BrF2N2O/c14-10-1-2-11(15)9(12(10)16)7-18-5-3-8(4-6-18)13(17)19/h1-2,8H,3-7H2,(H2,17,19). The van der Waals surface area contributed by atoms with Crippen molar-refractivity contribution in [2.45, 2.75) is 19.4 Å². The van der Waals surface area contributed by atoms with Crippen LogP contribution in [-0.2, 0) is 11.3 Å². The Morgan fingerprint density at radius 2 is 2.00 bits per heavy atom. The first-order chi connectivity index (χ1) is 8.99. The van der Waals surface area contributed by atoms with Crippen LogP contribution in [-0.4, -0.2) is 23.9 Å². The number of hydrogen-bond donors (Lipinski definition) is 1. The third kappa shape index (κ3) is 3.30. The predicted molar refractivity (Wildman–Crippen MR) is 71.3 cm³/mol. The summed E-state index contributed by atoms with van der Waals surface area (Å²) in [5.74, 6) is -1.51. The van der Waals surface area contributed by atoms with Crippen LogP contribution in [0.4, 0.5) is 8.78 Å². The average Bonchev–Trinajstić information content (AvgIpc) is 2.40. The van der Waals surface area contributed by atoms with Crippen molar-refractivity contribution in [2.75, 3.05) is 13.1 Å². The number of hydrogen-bond acceptors (Lipinski definition) is 2. The molecule has 1 heterocycles. The number of nitrogens with two attached hydrogens (primary N) is 1. The number of nitrogens with zero attached hydrogens (tertiary/aromatic N) is 1. The minimum atomic E-state index is -0.558. The van der Waals surface area contributed by atoms with Gasteiger partial charge in [-0.3, -0.25) is 9.69 Å². The van der Waals surface area contributed by atoms with Gasteiger partial charge < -0.3 is 5.73 Å². The molecule has 2 rings (SSSR count). The van der Waals surface area contributed by atoms with Crippen molar-refractivity contribution in [3.8, 4) is 0 Å². The average molecular weight is 333 g/mol. The highest BCUT2D eigenvalue weighted by Crippen LogP contribution is 2.25. The Morgan fingerprint density at radius 1 is 1.37 bits per heavy atom. The van der Waals surface area contributed by atoms with E-state index in [1.807, 2.05) is 4.90 Å². The van der Waals surface area contributed by atoms with Crippen molar-refractivity contribution in [3.63, 3.8) is 0 Å². The number of amides is 1. The first-order valence-corrected chi connectivity index (χ1v) is 6.92. The number of likely N-dealkylation sites (tertiary alicyclic amines) is 1. The Hall–Kier alpha value is -1.01. The van der Waals surface area contributed by atoms with E-state index in [4.69, 9.17) is 5.73 Å². The van der Waals surface area contributed by atoms with Gasteiger partial charge in [-0.25, -0.2) is 8.78 Å². The van der Waals surface area contributed by atoms with Gasteiger partial charge in [0, 0.05) is 18.0 Å². The van der Waals surface area contributed by atoms with Crippen LogP contribution in [0.2, 0.25) is 0 Å². The van der Waals surface area contributed by atoms with Crippen molar-refractivity contribution in [1.29, 1.82) is 0 Å². The summed E-state index contributed by atoms with van der Waals surface area (Å²) in [6.45, 7) is 1.46. The molecule has 1 fully saturated rings. The van der Waals surface area contributed by atoms with Crippen molar-refractivity contribution >= 4 is 21.8 Å². The smallest absolute Gasteiger partial charge is 0.220 e. The van der Waals surface area contributed by atoms with E-state index in [0.717, 1.165) is 0 Å². The fourth-order valence-corrected chi connectivity index (χ4v) is 2.68. The molecular weight excluding hydrogens is 318 g/mol. The van der Waals surface area contributed by atoms with Crippen LogP contribution < -0.4 is 5.73 Å². The highest BCUT2D eigenvalue weighted by Gasteiger charge is 2.24. The van der Waals surface area contributed by atoms with Gasteiger partial charge in [0.2, 0.25) is 5.91 Å². The minimum absolute atomic E-state index is 0.0619. The fourth-order valence-electron chi connectivity index (χ4n) is 2.31. The first-order valence-electron chi connectivity index (χ1n) is 6.13. The predicted octanol–water partition coefficient (Wildman–Crippen LogP) is 2.42. The molecule has 1 amide bonds.